The van der Waals surface area contributed by atoms with Gasteiger partial charge in [0.05, 0.1) is 35.0 Å². The molecule has 0 aliphatic rings. The molecule has 0 aliphatic carbocycles. The van der Waals surface area contributed by atoms with Gasteiger partial charge in [-0.15, -0.1) is 0 Å². The van der Waals surface area contributed by atoms with E-state index in [-0.39, 0.29) is 6.61 Å². The largest absolute Gasteiger partial charge is 0.395 e. The SMILES string of the molecule is OCCn1cnc2cc(-c3nc4ccccc4[nH]3)ccc21. The van der Waals surface area contributed by atoms with E-state index in [0.717, 1.165) is 33.5 Å². The third-order valence-electron chi connectivity index (χ3n) is 3.62. The maximum Gasteiger partial charge on any atom is 0.138 e. The maximum atomic E-state index is 9.05. The van der Waals surface area contributed by atoms with E-state index in [0.29, 0.717) is 6.54 Å². The van der Waals surface area contributed by atoms with Gasteiger partial charge in [0.2, 0.25) is 0 Å². The molecule has 0 aliphatic heterocycles. The molecule has 5 nitrogen and oxygen atoms in total. The molecule has 21 heavy (non-hydrogen) atoms. The number of hydrogen-bond acceptors (Lipinski definition) is 3. The zero-order valence-electron chi connectivity index (χ0n) is 11.3. The van der Waals surface area contributed by atoms with Crippen molar-refractivity contribution >= 4 is 22.1 Å². The van der Waals surface area contributed by atoms with Crippen molar-refractivity contribution in [3.8, 4) is 11.4 Å². The van der Waals surface area contributed by atoms with Crippen molar-refractivity contribution in [1.29, 1.82) is 0 Å². The monoisotopic (exact) mass is 278 g/mol. The number of benzene rings is 2. The van der Waals surface area contributed by atoms with Crippen LogP contribution in [0.25, 0.3) is 33.5 Å². The van der Waals surface area contributed by atoms with Crippen molar-refractivity contribution in [3.05, 3.63) is 48.8 Å². The second-order valence-electron chi connectivity index (χ2n) is 4.97. The Morgan fingerprint density at radius 1 is 1.10 bits per heavy atom. The molecule has 4 rings (SSSR count). The third-order valence-corrected chi connectivity index (χ3v) is 3.62. The number of imidazole rings is 2. The van der Waals surface area contributed by atoms with Crippen molar-refractivity contribution in [2.75, 3.05) is 6.61 Å². The Balaban J connectivity index is 1.82. The molecule has 0 radical (unpaired) electrons. The summed E-state index contributed by atoms with van der Waals surface area (Å²) in [6.45, 7) is 0.664. The normalized spacial score (nSPS) is 11.5. The number of H-pyrrole nitrogens is 1. The second-order valence-corrected chi connectivity index (χ2v) is 4.97. The minimum atomic E-state index is 0.108. The number of rotatable bonds is 3. The summed E-state index contributed by atoms with van der Waals surface area (Å²) in [6.07, 6.45) is 1.75. The van der Waals surface area contributed by atoms with Gasteiger partial charge < -0.3 is 14.7 Å². The zero-order valence-corrected chi connectivity index (χ0v) is 11.3. The predicted molar refractivity (Wildman–Crippen MR) is 81.9 cm³/mol. The Morgan fingerprint density at radius 3 is 2.86 bits per heavy atom. The lowest BCUT2D eigenvalue weighted by atomic mass is 10.2. The average Bonchev–Trinajstić information content (AvgIpc) is 3.11. The number of nitrogens with zero attached hydrogens (tertiary/aromatic N) is 3. The molecule has 104 valence electrons. The summed E-state index contributed by atoms with van der Waals surface area (Å²) in [7, 11) is 0. The van der Waals surface area contributed by atoms with Crippen LogP contribution < -0.4 is 0 Å². The van der Waals surface area contributed by atoms with Crippen molar-refractivity contribution in [1.82, 2.24) is 19.5 Å². The van der Waals surface area contributed by atoms with Crippen LogP contribution in [-0.2, 0) is 6.54 Å². The van der Waals surface area contributed by atoms with Crippen LogP contribution in [0.4, 0.5) is 0 Å². The molecule has 0 amide bonds. The molecule has 4 aromatic rings. The standard InChI is InChI=1S/C16H14N4O/c21-8-7-20-10-17-14-9-11(5-6-15(14)20)16-18-12-3-1-2-4-13(12)19-16/h1-6,9-10,21H,7-8H2,(H,18,19). The first-order chi connectivity index (χ1) is 10.3. The molecule has 0 atom stereocenters. The van der Waals surface area contributed by atoms with Crippen LogP contribution in [0.15, 0.2) is 48.8 Å². The molecule has 0 unspecified atom stereocenters. The fraction of sp³-hybridized carbons (Fsp3) is 0.125. The summed E-state index contributed by atoms with van der Waals surface area (Å²) in [4.78, 5) is 12.3. The van der Waals surface area contributed by atoms with E-state index in [1.54, 1.807) is 6.33 Å². The number of aliphatic hydroxyl groups is 1. The lowest BCUT2D eigenvalue weighted by molar-refractivity contribution is 0.278. The minimum Gasteiger partial charge on any atom is -0.395 e. The summed E-state index contributed by atoms with van der Waals surface area (Å²) in [5, 5.41) is 9.05. The molecule has 5 heteroatoms. The number of hydrogen-bond donors (Lipinski definition) is 2. The molecule has 2 N–H and O–H groups in total. The highest BCUT2D eigenvalue weighted by molar-refractivity contribution is 5.84. The first-order valence-electron chi connectivity index (χ1n) is 6.86. The van der Waals surface area contributed by atoms with E-state index in [1.165, 1.54) is 0 Å². The Hall–Kier alpha value is -2.66. The van der Waals surface area contributed by atoms with Gasteiger partial charge in [-0.1, -0.05) is 12.1 Å². The molecule has 0 spiro atoms. The van der Waals surface area contributed by atoms with E-state index >= 15 is 0 Å². The van der Waals surface area contributed by atoms with Crippen molar-refractivity contribution in [2.24, 2.45) is 0 Å². The Kier molecular flexibility index (Phi) is 2.72. The van der Waals surface area contributed by atoms with Gasteiger partial charge in [-0.2, -0.15) is 0 Å². The van der Waals surface area contributed by atoms with Crippen LogP contribution in [0.2, 0.25) is 0 Å². The quantitative estimate of drug-likeness (QED) is 0.605. The summed E-state index contributed by atoms with van der Waals surface area (Å²) >= 11 is 0. The van der Waals surface area contributed by atoms with Gasteiger partial charge in [-0.05, 0) is 30.3 Å². The second kappa shape index (κ2) is 4.71. The number of aliphatic hydroxyl groups excluding tert-OH is 1. The van der Waals surface area contributed by atoms with Gasteiger partial charge in [0, 0.05) is 12.1 Å². The van der Waals surface area contributed by atoms with E-state index in [2.05, 4.69) is 15.0 Å². The summed E-state index contributed by atoms with van der Waals surface area (Å²) in [6, 6.07) is 14.0. The fourth-order valence-corrected chi connectivity index (χ4v) is 2.59. The van der Waals surface area contributed by atoms with Crippen LogP contribution in [-0.4, -0.2) is 31.2 Å². The molecule has 0 bridgehead atoms. The van der Waals surface area contributed by atoms with Crippen molar-refractivity contribution in [3.63, 3.8) is 0 Å². The Labute approximate surface area is 120 Å². The van der Waals surface area contributed by atoms with Crippen LogP contribution >= 0.6 is 0 Å². The maximum absolute atomic E-state index is 9.05. The Morgan fingerprint density at radius 2 is 2.00 bits per heavy atom. The molecular weight excluding hydrogens is 264 g/mol. The lowest BCUT2D eigenvalue weighted by Gasteiger charge is -2.01. The van der Waals surface area contributed by atoms with Crippen molar-refractivity contribution < 1.29 is 5.11 Å². The molecule has 0 saturated heterocycles. The molecule has 0 saturated carbocycles. The number of aromatic amines is 1. The molecule has 2 aromatic heterocycles. The predicted octanol–water partition coefficient (Wildman–Crippen LogP) is 2.57. The van der Waals surface area contributed by atoms with E-state index in [4.69, 9.17) is 5.11 Å². The van der Waals surface area contributed by atoms with Crippen LogP contribution in [0.5, 0.6) is 0 Å². The zero-order chi connectivity index (χ0) is 14.2. The van der Waals surface area contributed by atoms with Gasteiger partial charge in [0.1, 0.15) is 5.82 Å². The van der Waals surface area contributed by atoms with Crippen molar-refractivity contribution in [2.45, 2.75) is 6.54 Å². The molecule has 0 fully saturated rings. The first-order valence-corrected chi connectivity index (χ1v) is 6.86. The van der Waals surface area contributed by atoms with Gasteiger partial charge in [-0.3, -0.25) is 0 Å². The van der Waals surface area contributed by atoms with Crippen LogP contribution in [0.1, 0.15) is 0 Å². The smallest absolute Gasteiger partial charge is 0.138 e. The third kappa shape index (κ3) is 1.98. The summed E-state index contributed by atoms with van der Waals surface area (Å²) in [5.74, 6) is 0.842. The highest BCUT2D eigenvalue weighted by Gasteiger charge is 2.08. The highest BCUT2D eigenvalue weighted by Crippen LogP contribution is 2.24. The summed E-state index contributed by atoms with van der Waals surface area (Å²) < 4.78 is 1.94. The minimum absolute atomic E-state index is 0.108. The topological polar surface area (TPSA) is 66.7 Å². The number of para-hydroxylation sites is 2. The summed E-state index contributed by atoms with van der Waals surface area (Å²) in [5.41, 5.74) is 4.91. The number of fused-ring (bicyclic) bond motifs is 2. The Bertz CT molecular complexity index is 889. The molecule has 2 heterocycles. The highest BCUT2D eigenvalue weighted by atomic mass is 16.3. The van der Waals surface area contributed by atoms with Crippen LogP contribution in [0.3, 0.4) is 0 Å². The molecule has 2 aromatic carbocycles. The number of nitrogens with one attached hydrogen (secondary N) is 1. The van der Waals surface area contributed by atoms with E-state index < -0.39 is 0 Å². The van der Waals surface area contributed by atoms with Gasteiger partial charge >= 0.3 is 0 Å². The number of aromatic nitrogens is 4. The van der Waals surface area contributed by atoms with Gasteiger partial charge in [-0.25, -0.2) is 9.97 Å². The van der Waals surface area contributed by atoms with Gasteiger partial charge in [0.15, 0.2) is 0 Å². The van der Waals surface area contributed by atoms with E-state index in [9.17, 15) is 0 Å². The fourth-order valence-electron chi connectivity index (χ4n) is 2.59. The lowest BCUT2D eigenvalue weighted by Crippen LogP contribution is -1.99. The van der Waals surface area contributed by atoms with E-state index in [1.807, 2.05) is 47.0 Å². The molecular formula is C16H14N4O. The van der Waals surface area contributed by atoms with Gasteiger partial charge in [0.25, 0.3) is 0 Å². The van der Waals surface area contributed by atoms with Crippen LogP contribution in [0, 0.1) is 0 Å². The average molecular weight is 278 g/mol. The first kappa shape index (κ1) is 12.1.